The van der Waals surface area contributed by atoms with Gasteiger partial charge in [0.2, 0.25) is 0 Å². The molecule has 0 radical (unpaired) electrons. The van der Waals surface area contributed by atoms with E-state index >= 15 is 0 Å². The molecule has 1 unspecified atom stereocenters. The Labute approximate surface area is 138 Å². The molecular formula is C14H19BrN2O4S. The van der Waals surface area contributed by atoms with Gasteiger partial charge in [-0.1, -0.05) is 15.9 Å². The van der Waals surface area contributed by atoms with Crippen molar-refractivity contribution in [2.24, 2.45) is 0 Å². The maximum atomic E-state index is 12.5. The van der Waals surface area contributed by atoms with Crippen LogP contribution >= 0.6 is 15.9 Å². The molecule has 0 bridgehead atoms. The van der Waals surface area contributed by atoms with Gasteiger partial charge < -0.3 is 15.0 Å². The Morgan fingerprint density at radius 1 is 1.41 bits per heavy atom. The lowest BCUT2D eigenvalue weighted by Crippen LogP contribution is -2.45. The molecule has 0 spiro atoms. The van der Waals surface area contributed by atoms with Crippen molar-refractivity contribution in [1.82, 2.24) is 4.90 Å². The molecule has 1 saturated heterocycles. The van der Waals surface area contributed by atoms with Crippen molar-refractivity contribution in [3.63, 3.8) is 0 Å². The first-order chi connectivity index (χ1) is 10.4. The van der Waals surface area contributed by atoms with Crippen molar-refractivity contribution in [2.45, 2.75) is 12.5 Å². The van der Waals surface area contributed by atoms with Crippen LogP contribution < -0.4 is 5.32 Å². The average Bonchev–Trinajstić information content (AvgIpc) is 2.82. The van der Waals surface area contributed by atoms with Crippen LogP contribution in [0.15, 0.2) is 28.7 Å². The highest BCUT2D eigenvalue weighted by Gasteiger charge is 2.34. The minimum atomic E-state index is -3.05. The molecule has 2 amide bonds. The number of nitrogens with one attached hydrogen (secondary N) is 1. The number of ether oxygens (including phenoxy) is 1. The molecule has 2 rings (SSSR count). The molecule has 1 fully saturated rings. The Kier molecular flexibility index (Phi) is 5.82. The molecule has 6 nitrogen and oxygen atoms in total. The van der Waals surface area contributed by atoms with Crippen molar-refractivity contribution in [3.05, 3.63) is 28.7 Å². The Balaban J connectivity index is 2.07. The minimum Gasteiger partial charge on any atom is -0.383 e. The van der Waals surface area contributed by atoms with Gasteiger partial charge in [-0.25, -0.2) is 13.2 Å². The van der Waals surface area contributed by atoms with Crippen LogP contribution in [0.3, 0.4) is 0 Å². The second-order valence-electron chi connectivity index (χ2n) is 5.18. The van der Waals surface area contributed by atoms with Crippen LogP contribution in [0.4, 0.5) is 10.5 Å². The van der Waals surface area contributed by atoms with E-state index in [0.717, 1.165) is 4.47 Å². The summed E-state index contributed by atoms with van der Waals surface area (Å²) < 4.78 is 29.2. The first-order valence-corrected chi connectivity index (χ1v) is 9.55. The normalized spacial score (nSPS) is 19.8. The summed E-state index contributed by atoms with van der Waals surface area (Å²) in [6.45, 7) is 0.726. The van der Waals surface area contributed by atoms with Gasteiger partial charge in [0, 0.05) is 29.9 Å². The van der Waals surface area contributed by atoms with Gasteiger partial charge in [-0.3, -0.25) is 0 Å². The van der Waals surface area contributed by atoms with Crippen molar-refractivity contribution in [1.29, 1.82) is 0 Å². The lowest BCUT2D eigenvalue weighted by molar-refractivity contribution is 0.140. The summed E-state index contributed by atoms with van der Waals surface area (Å²) in [4.78, 5) is 14.0. The van der Waals surface area contributed by atoms with E-state index in [9.17, 15) is 13.2 Å². The van der Waals surface area contributed by atoms with Crippen molar-refractivity contribution in [2.75, 3.05) is 37.1 Å². The number of carbonyl (C=O) groups is 1. The van der Waals surface area contributed by atoms with E-state index in [2.05, 4.69) is 21.2 Å². The number of hydrogen-bond acceptors (Lipinski definition) is 4. The number of benzene rings is 1. The van der Waals surface area contributed by atoms with E-state index < -0.39 is 9.84 Å². The highest BCUT2D eigenvalue weighted by Crippen LogP contribution is 2.20. The zero-order valence-electron chi connectivity index (χ0n) is 12.3. The standard InChI is InChI=1S/C14H19BrN2O4S/c1-21-8-7-17(13-6-9-22(19,20)10-13)14(18)16-12-4-2-11(15)3-5-12/h2-5,13H,6-10H2,1H3,(H,16,18). The van der Waals surface area contributed by atoms with E-state index in [1.807, 2.05) is 12.1 Å². The van der Waals surface area contributed by atoms with E-state index in [-0.39, 0.29) is 23.6 Å². The first-order valence-electron chi connectivity index (χ1n) is 6.94. The third-order valence-electron chi connectivity index (χ3n) is 3.54. The second kappa shape index (κ2) is 7.43. The topological polar surface area (TPSA) is 75.7 Å². The molecule has 1 atom stereocenters. The highest BCUT2D eigenvalue weighted by atomic mass is 79.9. The van der Waals surface area contributed by atoms with Crippen LogP contribution in [0.1, 0.15) is 6.42 Å². The molecule has 8 heteroatoms. The number of halogens is 1. The fraction of sp³-hybridized carbons (Fsp3) is 0.500. The van der Waals surface area contributed by atoms with Crippen molar-refractivity contribution in [3.8, 4) is 0 Å². The summed E-state index contributed by atoms with van der Waals surface area (Å²) in [5.74, 6) is 0.150. The largest absolute Gasteiger partial charge is 0.383 e. The summed E-state index contributed by atoms with van der Waals surface area (Å²) >= 11 is 3.33. The third kappa shape index (κ3) is 4.69. The SMILES string of the molecule is COCCN(C(=O)Nc1ccc(Br)cc1)C1CCS(=O)(=O)C1. The first kappa shape index (κ1) is 17.2. The maximum Gasteiger partial charge on any atom is 0.322 e. The minimum absolute atomic E-state index is 0.0183. The van der Waals surface area contributed by atoms with Crippen molar-refractivity contribution >= 4 is 37.5 Å². The van der Waals surface area contributed by atoms with E-state index in [0.29, 0.717) is 25.3 Å². The fourth-order valence-corrected chi connectivity index (χ4v) is 4.38. The number of nitrogens with zero attached hydrogens (tertiary/aromatic N) is 1. The molecular weight excluding hydrogens is 372 g/mol. The van der Waals surface area contributed by atoms with E-state index in [4.69, 9.17) is 4.74 Å². The second-order valence-corrected chi connectivity index (χ2v) is 8.32. The van der Waals surface area contributed by atoms with E-state index in [1.165, 1.54) is 0 Å². The van der Waals surface area contributed by atoms with Crippen LogP contribution in [0.25, 0.3) is 0 Å². The molecule has 1 aliphatic heterocycles. The number of anilines is 1. The van der Waals surface area contributed by atoms with Gasteiger partial charge in [0.15, 0.2) is 9.84 Å². The summed E-state index contributed by atoms with van der Waals surface area (Å²) in [5.41, 5.74) is 0.663. The van der Waals surface area contributed by atoms with Gasteiger partial charge in [-0.15, -0.1) is 0 Å². The number of carbonyl (C=O) groups excluding carboxylic acids is 1. The van der Waals surface area contributed by atoms with Crippen LogP contribution in [0.5, 0.6) is 0 Å². The Bertz CT molecular complexity index is 618. The third-order valence-corrected chi connectivity index (χ3v) is 5.82. The summed E-state index contributed by atoms with van der Waals surface area (Å²) in [6, 6.07) is 6.62. The summed E-state index contributed by atoms with van der Waals surface area (Å²) in [5, 5.41) is 2.80. The monoisotopic (exact) mass is 390 g/mol. The van der Waals surface area contributed by atoms with E-state index in [1.54, 1.807) is 24.1 Å². The van der Waals surface area contributed by atoms with Gasteiger partial charge in [0.05, 0.1) is 18.1 Å². The zero-order valence-corrected chi connectivity index (χ0v) is 14.7. The molecule has 122 valence electrons. The lowest BCUT2D eigenvalue weighted by atomic mass is 10.2. The predicted molar refractivity (Wildman–Crippen MR) is 88.8 cm³/mol. The van der Waals surface area contributed by atoms with Gasteiger partial charge in [-0.05, 0) is 30.7 Å². The predicted octanol–water partition coefficient (Wildman–Crippen LogP) is 2.12. The zero-order chi connectivity index (χ0) is 16.2. The molecule has 1 aromatic rings. The van der Waals surface area contributed by atoms with Gasteiger partial charge in [0.25, 0.3) is 0 Å². The fourth-order valence-electron chi connectivity index (χ4n) is 2.39. The van der Waals surface area contributed by atoms with Crippen molar-refractivity contribution < 1.29 is 17.9 Å². The molecule has 1 N–H and O–H groups in total. The Morgan fingerprint density at radius 2 is 2.09 bits per heavy atom. The van der Waals surface area contributed by atoms with Crippen LogP contribution in [-0.4, -0.2) is 57.2 Å². The molecule has 0 aromatic heterocycles. The van der Waals surface area contributed by atoms with Crippen LogP contribution in [0.2, 0.25) is 0 Å². The van der Waals surface area contributed by atoms with Gasteiger partial charge in [0.1, 0.15) is 0 Å². The molecule has 0 aliphatic carbocycles. The highest BCUT2D eigenvalue weighted by molar-refractivity contribution is 9.10. The lowest BCUT2D eigenvalue weighted by Gasteiger charge is -2.28. The Morgan fingerprint density at radius 3 is 2.64 bits per heavy atom. The molecule has 22 heavy (non-hydrogen) atoms. The quantitative estimate of drug-likeness (QED) is 0.835. The molecule has 0 saturated carbocycles. The molecule has 1 heterocycles. The van der Waals surface area contributed by atoms with Crippen LogP contribution in [-0.2, 0) is 14.6 Å². The number of amides is 2. The summed E-state index contributed by atoms with van der Waals surface area (Å²) in [7, 11) is -1.49. The number of urea groups is 1. The maximum absolute atomic E-state index is 12.5. The summed E-state index contributed by atoms with van der Waals surface area (Å²) in [6.07, 6.45) is 0.472. The smallest absolute Gasteiger partial charge is 0.322 e. The number of hydrogen-bond donors (Lipinski definition) is 1. The number of sulfone groups is 1. The molecule has 1 aliphatic rings. The number of methoxy groups -OCH3 is 1. The average molecular weight is 391 g/mol. The number of rotatable bonds is 5. The van der Waals surface area contributed by atoms with Gasteiger partial charge in [-0.2, -0.15) is 0 Å². The van der Waals surface area contributed by atoms with Crippen LogP contribution in [0, 0.1) is 0 Å². The Hall–Kier alpha value is -1.12. The van der Waals surface area contributed by atoms with Gasteiger partial charge >= 0.3 is 6.03 Å². The molecule has 1 aromatic carbocycles.